The topological polar surface area (TPSA) is 43.8 Å². The smallest absolute Gasteiger partial charge is 0.303 e. The molecule has 1 heterocycles. The molecular formula is C12H24N2O2. The van der Waals surface area contributed by atoms with Crippen LogP contribution >= 0.6 is 0 Å². The molecule has 0 aromatic rings. The van der Waals surface area contributed by atoms with E-state index >= 15 is 0 Å². The molecule has 4 nitrogen and oxygen atoms in total. The Morgan fingerprint density at radius 2 is 2.19 bits per heavy atom. The van der Waals surface area contributed by atoms with Gasteiger partial charge >= 0.3 is 5.97 Å². The fraction of sp³-hybridized carbons (Fsp3) is 0.917. The van der Waals surface area contributed by atoms with E-state index in [4.69, 9.17) is 5.11 Å². The molecule has 0 aromatic heterocycles. The van der Waals surface area contributed by atoms with Crippen LogP contribution in [0, 0.1) is 0 Å². The predicted octanol–water partition coefficient (Wildman–Crippen LogP) is 1.27. The molecular weight excluding hydrogens is 204 g/mol. The lowest BCUT2D eigenvalue weighted by Gasteiger charge is -2.43. The van der Waals surface area contributed by atoms with Crippen molar-refractivity contribution in [2.24, 2.45) is 0 Å². The van der Waals surface area contributed by atoms with E-state index in [2.05, 4.69) is 30.7 Å². The van der Waals surface area contributed by atoms with E-state index in [1.807, 2.05) is 0 Å². The van der Waals surface area contributed by atoms with Gasteiger partial charge in [-0.25, -0.2) is 0 Å². The maximum absolute atomic E-state index is 10.6. The van der Waals surface area contributed by atoms with Gasteiger partial charge in [0.25, 0.3) is 0 Å². The molecule has 0 spiro atoms. The van der Waals surface area contributed by atoms with E-state index in [9.17, 15) is 4.79 Å². The van der Waals surface area contributed by atoms with Gasteiger partial charge in [-0.05, 0) is 26.8 Å². The van der Waals surface area contributed by atoms with Crippen molar-refractivity contribution in [2.45, 2.75) is 45.2 Å². The highest BCUT2D eigenvalue weighted by Gasteiger charge is 2.28. The number of hydrogen-bond donors (Lipinski definition) is 1. The molecule has 16 heavy (non-hydrogen) atoms. The van der Waals surface area contributed by atoms with E-state index in [1.54, 1.807) is 0 Å². The van der Waals surface area contributed by atoms with Crippen LogP contribution in [-0.2, 0) is 4.79 Å². The number of hydrogen-bond acceptors (Lipinski definition) is 3. The summed E-state index contributed by atoms with van der Waals surface area (Å²) in [5.74, 6) is -0.683. The molecule has 2 atom stereocenters. The second kappa shape index (κ2) is 6.21. The zero-order chi connectivity index (χ0) is 12.1. The van der Waals surface area contributed by atoms with Crippen molar-refractivity contribution in [2.75, 3.05) is 26.7 Å². The minimum atomic E-state index is -0.683. The van der Waals surface area contributed by atoms with Gasteiger partial charge in [0.1, 0.15) is 0 Å². The van der Waals surface area contributed by atoms with Crippen LogP contribution in [0.25, 0.3) is 0 Å². The van der Waals surface area contributed by atoms with Crippen LogP contribution in [0.3, 0.4) is 0 Å². The number of rotatable bonds is 5. The number of piperazine rings is 1. The fourth-order valence-electron chi connectivity index (χ4n) is 2.39. The Labute approximate surface area is 98.2 Å². The van der Waals surface area contributed by atoms with E-state index in [-0.39, 0.29) is 6.42 Å². The van der Waals surface area contributed by atoms with Crippen molar-refractivity contribution < 1.29 is 9.90 Å². The zero-order valence-corrected chi connectivity index (χ0v) is 10.6. The van der Waals surface area contributed by atoms with Crippen LogP contribution in [-0.4, -0.2) is 59.6 Å². The average molecular weight is 228 g/mol. The first kappa shape index (κ1) is 13.5. The lowest BCUT2D eigenvalue weighted by molar-refractivity contribution is -0.137. The molecule has 94 valence electrons. The van der Waals surface area contributed by atoms with Crippen molar-refractivity contribution >= 4 is 5.97 Å². The molecule has 4 heteroatoms. The summed E-state index contributed by atoms with van der Waals surface area (Å²) in [6.45, 7) is 7.58. The van der Waals surface area contributed by atoms with Crippen LogP contribution in [0.4, 0.5) is 0 Å². The van der Waals surface area contributed by atoms with Gasteiger partial charge in [-0.3, -0.25) is 9.69 Å². The Morgan fingerprint density at radius 3 is 2.75 bits per heavy atom. The maximum Gasteiger partial charge on any atom is 0.303 e. The Kier molecular flexibility index (Phi) is 5.22. The van der Waals surface area contributed by atoms with Crippen LogP contribution in [0.1, 0.15) is 33.1 Å². The molecule has 1 N–H and O–H groups in total. The van der Waals surface area contributed by atoms with Crippen molar-refractivity contribution in [3.63, 3.8) is 0 Å². The molecule has 1 aliphatic rings. The molecule has 0 amide bonds. The van der Waals surface area contributed by atoms with Gasteiger partial charge < -0.3 is 10.0 Å². The van der Waals surface area contributed by atoms with Crippen LogP contribution in [0.5, 0.6) is 0 Å². The van der Waals surface area contributed by atoms with E-state index in [0.717, 1.165) is 32.5 Å². The Morgan fingerprint density at radius 1 is 1.50 bits per heavy atom. The summed E-state index contributed by atoms with van der Waals surface area (Å²) in [4.78, 5) is 15.4. The van der Waals surface area contributed by atoms with Crippen LogP contribution in [0.2, 0.25) is 0 Å². The predicted molar refractivity (Wildman–Crippen MR) is 64.6 cm³/mol. The van der Waals surface area contributed by atoms with Gasteiger partial charge in [-0.2, -0.15) is 0 Å². The molecule has 0 radical (unpaired) electrons. The molecule has 1 fully saturated rings. The normalized spacial score (nSPS) is 25.6. The molecule has 2 unspecified atom stereocenters. The first-order chi connectivity index (χ1) is 7.54. The minimum absolute atomic E-state index is 0.283. The van der Waals surface area contributed by atoms with Crippen molar-refractivity contribution in [3.05, 3.63) is 0 Å². The number of likely N-dealkylation sites (N-methyl/N-ethyl adjacent to an activating group) is 1. The van der Waals surface area contributed by atoms with E-state index in [0.29, 0.717) is 12.1 Å². The van der Waals surface area contributed by atoms with Gasteiger partial charge in [0.2, 0.25) is 0 Å². The summed E-state index contributed by atoms with van der Waals surface area (Å²) in [6.07, 6.45) is 2.18. The zero-order valence-electron chi connectivity index (χ0n) is 10.6. The minimum Gasteiger partial charge on any atom is -0.481 e. The third-order valence-corrected chi connectivity index (χ3v) is 3.58. The molecule has 1 rings (SSSR count). The summed E-state index contributed by atoms with van der Waals surface area (Å²) < 4.78 is 0. The highest BCUT2D eigenvalue weighted by atomic mass is 16.4. The summed E-state index contributed by atoms with van der Waals surface area (Å²) in [5, 5.41) is 8.76. The molecule has 1 aliphatic heterocycles. The third kappa shape index (κ3) is 3.76. The molecule has 1 saturated heterocycles. The van der Waals surface area contributed by atoms with Gasteiger partial charge in [0.05, 0.1) is 0 Å². The summed E-state index contributed by atoms with van der Waals surface area (Å²) in [6, 6.07) is 0.970. The van der Waals surface area contributed by atoms with Crippen molar-refractivity contribution in [1.29, 1.82) is 0 Å². The third-order valence-electron chi connectivity index (χ3n) is 3.58. The standard InChI is InChI=1S/C12H24N2O2/c1-4-10(2)14-8-7-13(3)9-11(14)5-6-12(15)16/h10-11H,4-9H2,1-3H3,(H,15,16). The quantitative estimate of drug-likeness (QED) is 0.769. The average Bonchev–Trinajstić information content (AvgIpc) is 2.25. The lowest BCUT2D eigenvalue weighted by Crippen LogP contribution is -2.54. The lowest BCUT2D eigenvalue weighted by atomic mass is 10.0. The van der Waals surface area contributed by atoms with E-state index < -0.39 is 5.97 Å². The first-order valence-corrected chi connectivity index (χ1v) is 6.20. The monoisotopic (exact) mass is 228 g/mol. The maximum atomic E-state index is 10.6. The van der Waals surface area contributed by atoms with Gasteiger partial charge in [0.15, 0.2) is 0 Å². The SMILES string of the molecule is CCC(C)N1CCN(C)CC1CCC(=O)O. The molecule has 0 saturated carbocycles. The number of carbonyl (C=O) groups is 1. The summed E-state index contributed by atoms with van der Waals surface area (Å²) >= 11 is 0. The summed E-state index contributed by atoms with van der Waals surface area (Å²) in [5.41, 5.74) is 0. The number of nitrogens with zero attached hydrogens (tertiary/aromatic N) is 2. The molecule has 0 aliphatic carbocycles. The molecule has 0 bridgehead atoms. The van der Waals surface area contributed by atoms with Crippen molar-refractivity contribution in [3.8, 4) is 0 Å². The highest BCUT2D eigenvalue weighted by molar-refractivity contribution is 5.66. The van der Waals surface area contributed by atoms with Gasteiger partial charge in [0, 0.05) is 38.1 Å². The first-order valence-electron chi connectivity index (χ1n) is 6.20. The van der Waals surface area contributed by atoms with Crippen molar-refractivity contribution in [1.82, 2.24) is 9.80 Å². The highest BCUT2D eigenvalue weighted by Crippen LogP contribution is 2.18. The Bertz CT molecular complexity index is 233. The number of aliphatic carboxylic acids is 1. The molecule has 0 aromatic carbocycles. The Hall–Kier alpha value is -0.610. The van der Waals surface area contributed by atoms with E-state index in [1.165, 1.54) is 0 Å². The largest absolute Gasteiger partial charge is 0.481 e. The van der Waals surface area contributed by atoms with Crippen LogP contribution < -0.4 is 0 Å². The summed E-state index contributed by atoms with van der Waals surface area (Å²) in [7, 11) is 2.11. The number of carboxylic acids is 1. The van der Waals surface area contributed by atoms with Gasteiger partial charge in [-0.1, -0.05) is 6.92 Å². The van der Waals surface area contributed by atoms with Gasteiger partial charge in [-0.15, -0.1) is 0 Å². The fourth-order valence-corrected chi connectivity index (χ4v) is 2.39. The second-order valence-electron chi connectivity index (χ2n) is 4.84. The second-order valence-corrected chi connectivity index (χ2v) is 4.84. The Balaban J connectivity index is 2.54. The number of carboxylic acid groups (broad SMARTS) is 1. The van der Waals surface area contributed by atoms with Crippen LogP contribution in [0.15, 0.2) is 0 Å².